The van der Waals surface area contributed by atoms with Gasteiger partial charge in [0.15, 0.2) is 0 Å². The summed E-state index contributed by atoms with van der Waals surface area (Å²) in [5.74, 6) is -0.672. The van der Waals surface area contributed by atoms with Gasteiger partial charge in [-0.2, -0.15) is 0 Å². The Kier molecular flexibility index (Phi) is 6.89. The number of hydrogen-bond donors (Lipinski definition) is 3. The van der Waals surface area contributed by atoms with Gasteiger partial charge in [-0.05, 0) is 64.7 Å². The molecule has 170 valence electrons. The predicted octanol–water partition coefficient (Wildman–Crippen LogP) is 2.32. The van der Waals surface area contributed by atoms with Crippen LogP contribution in [-0.4, -0.2) is 52.3 Å². The van der Waals surface area contributed by atoms with E-state index in [-0.39, 0.29) is 23.8 Å². The van der Waals surface area contributed by atoms with E-state index in [0.717, 1.165) is 24.2 Å². The standard InChI is InChI=1S/C22H38N4O4/c1-8-21(6,7)15-9-11-22(12-10-15)18(29)26(19(30)25-22)13-16(27)23-14(2)17(28)24-20(3,4)5/h14-15H,8-13H2,1-7H3,(H,23,27)(H,24,28)(H,25,30). The molecule has 0 aromatic carbocycles. The lowest BCUT2D eigenvalue weighted by molar-refractivity contribution is -0.137. The van der Waals surface area contributed by atoms with Crippen LogP contribution in [0.25, 0.3) is 0 Å². The summed E-state index contributed by atoms with van der Waals surface area (Å²) in [7, 11) is 0. The van der Waals surface area contributed by atoms with Gasteiger partial charge >= 0.3 is 6.03 Å². The molecule has 1 spiro atoms. The molecule has 3 N–H and O–H groups in total. The molecule has 1 aliphatic carbocycles. The molecule has 0 bridgehead atoms. The zero-order valence-electron chi connectivity index (χ0n) is 19.5. The molecule has 0 radical (unpaired) electrons. The number of nitrogens with one attached hydrogen (secondary N) is 3. The van der Waals surface area contributed by atoms with Crippen LogP contribution in [0, 0.1) is 11.3 Å². The number of hydrogen-bond acceptors (Lipinski definition) is 4. The summed E-state index contributed by atoms with van der Waals surface area (Å²) in [6, 6.07) is -1.30. The molecular weight excluding hydrogens is 384 g/mol. The van der Waals surface area contributed by atoms with Crippen LogP contribution in [0.15, 0.2) is 0 Å². The zero-order valence-corrected chi connectivity index (χ0v) is 19.5. The van der Waals surface area contributed by atoms with Crippen molar-refractivity contribution >= 4 is 23.8 Å². The number of urea groups is 1. The topological polar surface area (TPSA) is 108 Å². The van der Waals surface area contributed by atoms with Gasteiger partial charge < -0.3 is 16.0 Å². The van der Waals surface area contributed by atoms with Gasteiger partial charge in [0.2, 0.25) is 11.8 Å². The average molecular weight is 423 g/mol. The molecule has 1 saturated carbocycles. The third-order valence-electron chi connectivity index (χ3n) is 6.67. The van der Waals surface area contributed by atoms with Crippen molar-refractivity contribution in [3.8, 4) is 0 Å². The molecule has 30 heavy (non-hydrogen) atoms. The first-order chi connectivity index (χ1) is 13.7. The van der Waals surface area contributed by atoms with Crippen molar-refractivity contribution in [3.63, 3.8) is 0 Å². The first kappa shape index (κ1) is 24.2. The van der Waals surface area contributed by atoms with Crippen molar-refractivity contribution in [1.29, 1.82) is 0 Å². The Morgan fingerprint density at radius 3 is 2.23 bits per heavy atom. The fourth-order valence-electron chi connectivity index (χ4n) is 4.31. The summed E-state index contributed by atoms with van der Waals surface area (Å²) in [4.78, 5) is 51.0. The summed E-state index contributed by atoms with van der Waals surface area (Å²) < 4.78 is 0. The molecule has 1 saturated heterocycles. The van der Waals surface area contributed by atoms with Gasteiger partial charge in [-0.3, -0.25) is 19.3 Å². The van der Waals surface area contributed by atoms with Crippen LogP contribution in [-0.2, 0) is 14.4 Å². The molecular formula is C22H38N4O4. The second-order valence-electron chi connectivity index (χ2n) is 10.5. The fourth-order valence-corrected chi connectivity index (χ4v) is 4.31. The minimum atomic E-state index is -0.896. The van der Waals surface area contributed by atoms with E-state index < -0.39 is 29.1 Å². The second-order valence-corrected chi connectivity index (χ2v) is 10.5. The van der Waals surface area contributed by atoms with Crippen molar-refractivity contribution in [2.45, 2.75) is 97.7 Å². The molecule has 1 atom stereocenters. The van der Waals surface area contributed by atoms with E-state index in [1.807, 2.05) is 20.8 Å². The molecule has 0 aromatic rings. The van der Waals surface area contributed by atoms with Crippen molar-refractivity contribution in [3.05, 3.63) is 0 Å². The lowest BCUT2D eigenvalue weighted by Crippen LogP contribution is -2.53. The summed E-state index contributed by atoms with van der Waals surface area (Å²) in [5, 5.41) is 8.21. The third-order valence-corrected chi connectivity index (χ3v) is 6.67. The van der Waals surface area contributed by atoms with Crippen LogP contribution >= 0.6 is 0 Å². The number of rotatable bonds is 6. The van der Waals surface area contributed by atoms with Crippen LogP contribution < -0.4 is 16.0 Å². The molecule has 1 aliphatic heterocycles. The Morgan fingerprint density at radius 1 is 1.17 bits per heavy atom. The highest BCUT2D eigenvalue weighted by Gasteiger charge is 2.53. The van der Waals surface area contributed by atoms with Gasteiger partial charge in [0.05, 0.1) is 0 Å². The van der Waals surface area contributed by atoms with Crippen LogP contribution in [0.1, 0.15) is 80.6 Å². The SMILES string of the molecule is CCC(C)(C)C1CCC2(CC1)NC(=O)N(CC(=O)NC(C)C(=O)NC(C)(C)C)C2=O. The Morgan fingerprint density at radius 2 is 1.73 bits per heavy atom. The highest BCUT2D eigenvalue weighted by atomic mass is 16.2. The van der Waals surface area contributed by atoms with E-state index in [2.05, 4.69) is 36.7 Å². The molecule has 0 aromatic heterocycles. The van der Waals surface area contributed by atoms with E-state index in [9.17, 15) is 19.2 Å². The van der Waals surface area contributed by atoms with E-state index in [0.29, 0.717) is 18.8 Å². The maximum Gasteiger partial charge on any atom is 0.325 e. The molecule has 2 aliphatic rings. The van der Waals surface area contributed by atoms with E-state index >= 15 is 0 Å². The summed E-state index contributed by atoms with van der Waals surface area (Å²) >= 11 is 0. The van der Waals surface area contributed by atoms with Gasteiger partial charge in [0.1, 0.15) is 18.1 Å². The Hall–Kier alpha value is -2.12. The van der Waals surface area contributed by atoms with Gasteiger partial charge in [0, 0.05) is 5.54 Å². The highest BCUT2D eigenvalue weighted by Crippen LogP contribution is 2.45. The minimum Gasteiger partial charge on any atom is -0.350 e. The lowest BCUT2D eigenvalue weighted by Gasteiger charge is -2.42. The van der Waals surface area contributed by atoms with E-state index in [1.165, 1.54) is 0 Å². The van der Waals surface area contributed by atoms with E-state index in [1.54, 1.807) is 6.92 Å². The Labute approximate surface area is 179 Å². The maximum absolute atomic E-state index is 13.0. The first-order valence-corrected chi connectivity index (χ1v) is 11.0. The minimum absolute atomic E-state index is 0.205. The number of nitrogens with zero attached hydrogens (tertiary/aromatic N) is 1. The second kappa shape index (κ2) is 8.55. The number of carbonyl (C=O) groups excluding carboxylic acids is 4. The molecule has 2 rings (SSSR count). The van der Waals surface area contributed by atoms with Crippen LogP contribution in [0.3, 0.4) is 0 Å². The van der Waals surface area contributed by atoms with Gasteiger partial charge in [-0.1, -0.05) is 27.2 Å². The largest absolute Gasteiger partial charge is 0.350 e. The number of amides is 5. The summed E-state index contributed by atoms with van der Waals surface area (Å²) in [6.07, 6.45) is 3.99. The third kappa shape index (κ3) is 5.32. The van der Waals surface area contributed by atoms with Gasteiger partial charge in [0.25, 0.3) is 5.91 Å². The van der Waals surface area contributed by atoms with Crippen LogP contribution in [0.2, 0.25) is 0 Å². The molecule has 1 unspecified atom stereocenters. The van der Waals surface area contributed by atoms with Gasteiger partial charge in [-0.15, -0.1) is 0 Å². The monoisotopic (exact) mass is 422 g/mol. The Balaban J connectivity index is 1.96. The average Bonchev–Trinajstić information content (AvgIpc) is 2.84. The van der Waals surface area contributed by atoms with Crippen LogP contribution in [0.5, 0.6) is 0 Å². The summed E-state index contributed by atoms with van der Waals surface area (Å²) in [5.41, 5.74) is -1.11. The highest BCUT2D eigenvalue weighted by molar-refractivity contribution is 6.09. The molecule has 8 nitrogen and oxygen atoms in total. The normalized spacial score (nSPS) is 25.8. The van der Waals surface area contributed by atoms with E-state index in [4.69, 9.17) is 0 Å². The summed E-state index contributed by atoms with van der Waals surface area (Å²) in [6.45, 7) is 13.4. The number of imide groups is 1. The number of carbonyl (C=O) groups is 4. The predicted molar refractivity (Wildman–Crippen MR) is 115 cm³/mol. The molecule has 5 amide bonds. The maximum atomic E-state index is 13.0. The quantitative estimate of drug-likeness (QED) is 0.571. The molecule has 8 heteroatoms. The first-order valence-electron chi connectivity index (χ1n) is 11.0. The van der Waals surface area contributed by atoms with Crippen molar-refractivity contribution < 1.29 is 19.2 Å². The smallest absolute Gasteiger partial charge is 0.325 e. The Bertz CT molecular complexity index is 702. The van der Waals surface area contributed by atoms with Gasteiger partial charge in [-0.25, -0.2) is 4.79 Å². The van der Waals surface area contributed by atoms with Crippen molar-refractivity contribution in [1.82, 2.24) is 20.9 Å². The zero-order chi connectivity index (χ0) is 22.9. The van der Waals surface area contributed by atoms with Crippen molar-refractivity contribution in [2.75, 3.05) is 6.54 Å². The lowest BCUT2D eigenvalue weighted by atomic mass is 9.65. The molecule has 1 heterocycles. The molecule has 2 fully saturated rings. The van der Waals surface area contributed by atoms with Crippen molar-refractivity contribution in [2.24, 2.45) is 11.3 Å². The fraction of sp³-hybridized carbons (Fsp3) is 0.818. The van der Waals surface area contributed by atoms with Crippen LogP contribution in [0.4, 0.5) is 4.79 Å².